The van der Waals surface area contributed by atoms with E-state index in [4.69, 9.17) is 18.9 Å². The van der Waals surface area contributed by atoms with Gasteiger partial charge in [-0.25, -0.2) is 0 Å². The third-order valence-corrected chi connectivity index (χ3v) is 11.8. The summed E-state index contributed by atoms with van der Waals surface area (Å²) in [6.45, 7) is 2.59. The molecule has 12 unspecified atom stereocenters. The summed E-state index contributed by atoms with van der Waals surface area (Å²) in [6.07, 6.45) is 33.3. The Morgan fingerprint density at radius 2 is 1.04 bits per heavy atom. The molecule has 0 spiro atoms. The van der Waals surface area contributed by atoms with Gasteiger partial charge in [0, 0.05) is 6.42 Å². The fraction of sp³-hybridized carbons (Fsp3) is 0.717. The molecule has 1 amide bonds. The van der Waals surface area contributed by atoms with Gasteiger partial charge in [0.25, 0.3) is 0 Å². The number of unbranched alkanes of at least 4 members (excludes halogenated alkanes) is 12. The zero-order valence-electron chi connectivity index (χ0n) is 40.6. The van der Waals surface area contributed by atoms with E-state index in [0.717, 1.165) is 77.0 Å². The number of carbonyl (C=O) groups is 1. The Labute approximate surface area is 401 Å². The largest absolute Gasteiger partial charge is 0.394 e. The molecule has 12 atom stereocenters. The van der Waals surface area contributed by atoms with Crippen molar-refractivity contribution in [2.45, 2.75) is 222 Å². The Kier molecular flexibility index (Phi) is 35.1. The number of carbonyl (C=O) groups excluding carboxylic acids is 1. The van der Waals surface area contributed by atoms with Crippen molar-refractivity contribution < 1.29 is 64.6 Å². The van der Waals surface area contributed by atoms with E-state index < -0.39 is 86.8 Å². The van der Waals surface area contributed by atoms with Crippen LogP contribution in [0.2, 0.25) is 0 Å². The van der Waals surface area contributed by atoms with Crippen LogP contribution in [0.3, 0.4) is 0 Å². The highest BCUT2D eigenvalue weighted by Gasteiger charge is 2.51. The molecule has 2 heterocycles. The summed E-state index contributed by atoms with van der Waals surface area (Å²) in [6, 6.07) is -0.954. The van der Waals surface area contributed by atoms with Gasteiger partial charge in [0.1, 0.15) is 48.8 Å². The molecule has 0 aromatic rings. The number of aliphatic hydroxyl groups excluding tert-OH is 8. The van der Waals surface area contributed by atoms with E-state index in [1.165, 1.54) is 38.5 Å². The molecule has 2 rings (SSSR count). The van der Waals surface area contributed by atoms with Crippen LogP contribution in [0.5, 0.6) is 0 Å². The van der Waals surface area contributed by atoms with Crippen molar-refractivity contribution in [2.75, 3.05) is 19.8 Å². The van der Waals surface area contributed by atoms with Crippen LogP contribution >= 0.6 is 0 Å². The Morgan fingerprint density at radius 3 is 1.64 bits per heavy atom. The number of allylic oxidation sites excluding steroid dienone is 13. The third-order valence-electron chi connectivity index (χ3n) is 11.8. The van der Waals surface area contributed by atoms with Crippen LogP contribution in [-0.4, -0.2) is 140 Å². The van der Waals surface area contributed by atoms with Crippen molar-refractivity contribution in [2.24, 2.45) is 0 Å². The van der Waals surface area contributed by atoms with Crippen molar-refractivity contribution in [1.82, 2.24) is 5.32 Å². The Bertz CT molecular complexity index is 1450. The van der Waals surface area contributed by atoms with Crippen LogP contribution in [0.4, 0.5) is 0 Å². The summed E-state index contributed by atoms with van der Waals surface area (Å²) in [5, 5.41) is 86.7. The molecular weight excluding hydrogens is 859 g/mol. The summed E-state index contributed by atoms with van der Waals surface area (Å²) < 4.78 is 22.6. The predicted octanol–water partition coefficient (Wildman–Crippen LogP) is 6.60. The predicted molar refractivity (Wildman–Crippen MR) is 263 cm³/mol. The van der Waals surface area contributed by atoms with Crippen LogP contribution in [0.25, 0.3) is 0 Å². The average molecular weight is 948 g/mol. The first kappa shape index (κ1) is 60.3. The van der Waals surface area contributed by atoms with E-state index in [0.29, 0.717) is 12.8 Å². The second-order valence-corrected chi connectivity index (χ2v) is 17.5. The number of rotatable bonds is 37. The molecule has 0 aromatic heterocycles. The fourth-order valence-electron chi connectivity index (χ4n) is 7.66. The quantitative estimate of drug-likeness (QED) is 0.0237. The Hall–Kier alpha value is -2.83. The minimum atomic E-state index is -1.80. The first-order chi connectivity index (χ1) is 32.6. The van der Waals surface area contributed by atoms with E-state index in [-0.39, 0.29) is 18.9 Å². The van der Waals surface area contributed by atoms with Crippen molar-refractivity contribution in [1.29, 1.82) is 0 Å². The minimum absolute atomic E-state index is 0.237. The van der Waals surface area contributed by atoms with Crippen LogP contribution in [0.15, 0.2) is 85.1 Å². The summed E-state index contributed by atoms with van der Waals surface area (Å²) >= 11 is 0. The molecule has 0 bridgehead atoms. The van der Waals surface area contributed by atoms with Gasteiger partial charge in [-0.1, -0.05) is 144 Å². The normalized spacial score (nSPS) is 27.3. The highest BCUT2D eigenvalue weighted by Crippen LogP contribution is 2.30. The Balaban J connectivity index is 1.90. The maximum atomic E-state index is 13.2. The molecule has 67 heavy (non-hydrogen) atoms. The zero-order valence-corrected chi connectivity index (χ0v) is 40.6. The monoisotopic (exact) mass is 948 g/mol. The highest BCUT2D eigenvalue weighted by molar-refractivity contribution is 5.76. The molecule has 14 nitrogen and oxygen atoms in total. The maximum absolute atomic E-state index is 13.2. The van der Waals surface area contributed by atoms with Gasteiger partial charge in [-0.2, -0.15) is 0 Å². The van der Waals surface area contributed by atoms with E-state index in [1.807, 2.05) is 6.08 Å². The summed E-state index contributed by atoms with van der Waals surface area (Å²) in [7, 11) is 0. The summed E-state index contributed by atoms with van der Waals surface area (Å²) in [5.41, 5.74) is 0. The first-order valence-electron chi connectivity index (χ1n) is 25.3. The molecule has 0 saturated carbocycles. The van der Waals surface area contributed by atoms with E-state index in [9.17, 15) is 45.6 Å². The molecule has 0 aromatic carbocycles. The maximum Gasteiger partial charge on any atom is 0.220 e. The molecule has 2 aliphatic heterocycles. The van der Waals surface area contributed by atoms with Gasteiger partial charge < -0.3 is 65.1 Å². The second-order valence-electron chi connectivity index (χ2n) is 17.5. The topological polar surface area (TPSA) is 228 Å². The van der Waals surface area contributed by atoms with Crippen molar-refractivity contribution in [3.05, 3.63) is 85.1 Å². The third kappa shape index (κ3) is 26.1. The zero-order chi connectivity index (χ0) is 48.9. The van der Waals surface area contributed by atoms with Crippen molar-refractivity contribution >= 4 is 5.91 Å². The molecule has 2 fully saturated rings. The first-order valence-corrected chi connectivity index (χ1v) is 25.3. The van der Waals surface area contributed by atoms with Crippen molar-refractivity contribution in [3.63, 3.8) is 0 Å². The lowest BCUT2D eigenvalue weighted by molar-refractivity contribution is -0.359. The number of hydrogen-bond donors (Lipinski definition) is 9. The molecule has 384 valence electrons. The number of hydrogen-bond acceptors (Lipinski definition) is 13. The van der Waals surface area contributed by atoms with Crippen LogP contribution in [0, 0.1) is 0 Å². The van der Waals surface area contributed by atoms with Crippen LogP contribution in [0.1, 0.15) is 149 Å². The van der Waals surface area contributed by atoms with Gasteiger partial charge >= 0.3 is 0 Å². The fourth-order valence-corrected chi connectivity index (χ4v) is 7.66. The van der Waals surface area contributed by atoms with E-state index in [1.54, 1.807) is 6.08 Å². The van der Waals surface area contributed by atoms with E-state index in [2.05, 4.69) is 92.1 Å². The lowest BCUT2D eigenvalue weighted by Crippen LogP contribution is -2.65. The molecule has 9 N–H and O–H groups in total. The van der Waals surface area contributed by atoms with Gasteiger partial charge in [0.2, 0.25) is 5.91 Å². The van der Waals surface area contributed by atoms with Gasteiger partial charge in [0.15, 0.2) is 12.6 Å². The number of ether oxygens (including phenoxy) is 4. The molecule has 0 aliphatic carbocycles. The SMILES string of the molecule is CC/C=C\C/C=C\C/C=C\C/C=C\CCCCCCC(=O)NC(COC1OC(CO)C(OC2OC(CO)C(O)C(O)C2O)C(O)C1O)C(O)/C=C/CC/C=C/CC/C=C/CCCCCCCC. The van der Waals surface area contributed by atoms with Gasteiger partial charge in [-0.15, -0.1) is 0 Å². The average Bonchev–Trinajstić information content (AvgIpc) is 3.32. The van der Waals surface area contributed by atoms with Gasteiger partial charge in [0.05, 0.1) is 32.0 Å². The van der Waals surface area contributed by atoms with Gasteiger partial charge in [-0.05, 0) is 83.5 Å². The number of amides is 1. The molecule has 2 saturated heterocycles. The highest BCUT2D eigenvalue weighted by atomic mass is 16.7. The van der Waals surface area contributed by atoms with Crippen LogP contribution in [-0.2, 0) is 23.7 Å². The number of aliphatic hydroxyl groups is 8. The van der Waals surface area contributed by atoms with Crippen LogP contribution < -0.4 is 5.32 Å². The standard InChI is InChI=1S/C53H89NO13/c1-3-5-7-9-11-13-15-17-19-21-23-25-27-29-31-33-35-37-45(58)54-41(42(57)36-34-32-30-28-26-24-22-20-18-16-14-12-10-8-6-4-2)40-64-52-50(63)48(61)51(44(39-56)66-52)67-53-49(62)47(60)46(59)43(38-55)65-53/h5,7,11,13,17-20,23,25-26,28,34,36,41-44,46-53,55-57,59-63H,3-4,6,8-10,12,14-16,21-22,24,27,29-33,35,37-40H2,1-2H3,(H,54,58)/b7-5-,13-11-,19-17-,20-18+,25-23-,28-26+,36-34+. The Morgan fingerprint density at radius 1 is 0.552 bits per heavy atom. The molecular formula is C53H89NO13. The van der Waals surface area contributed by atoms with Gasteiger partial charge in [-0.3, -0.25) is 4.79 Å². The smallest absolute Gasteiger partial charge is 0.220 e. The van der Waals surface area contributed by atoms with E-state index >= 15 is 0 Å². The minimum Gasteiger partial charge on any atom is -0.394 e. The molecule has 14 heteroatoms. The summed E-state index contributed by atoms with van der Waals surface area (Å²) in [4.78, 5) is 13.2. The van der Waals surface area contributed by atoms with Crippen molar-refractivity contribution in [3.8, 4) is 0 Å². The lowest BCUT2D eigenvalue weighted by atomic mass is 9.97. The lowest BCUT2D eigenvalue weighted by Gasteiger charge is -2.46. The molecule has 0 radical (unpaired) electrons. The second kappa shape index (κ2) is 39.0. The molecule has 2 aliphatic rings. The summed E-state index contributed by atoms with van der Waals surface area (Å²) in [5.74, 6) is -0.282. The number of nitrogens with one attached hydrogen (secondary N) is 1.